The predicted octanol–water partition coefficient (Wildman–Crippen LogP) is 17.2. The molecule has 370 valence electrons. The quantitative estimate of drug-likeness (QED) is 0.107. The summed E-state index contributed by atoms with van der Waals surface area (Å²) in [4.78, 5) is 21.8. The van der Waals surface area contributed by atoms with Crippen LogP contribution in [-0.2, 0) is 18.3 Å². The van der Waals surface area contributed by atoms with Gasteiger partial charge in [0.05, 0.1) is 0 Å². The number of benzene rings is 9. The third-order valence-electron chi connectivity index (χ3n) is 13.7. The minimum absolute atomic E-state index is 0.166. The van der Waals surface area contributed by atoms with Gasteiger partial charge in [-0.25, -0.2) is 19.9 Å². The standard InChI is InChI=1S/C35H34N2O2.C32H26N4/c1-5-26-6-14-31(15-7-26)38-33-18-10-28(11-19-33)35(3,4)29-12-20-34(21-13-29)39-32-16-8-27(9-17-32)23-30-22-25(2)36-24-37-30;1-23-19-32(34-22-33-23)36(31-14-12-25-8-4-6-10-27(25)21-31)29-17-15-28(16-18-29)35(2)30-13-11-24-7-3-5-9-26(24)20-30/h6-22,24H,5,23H2,1-4H3;3-22H,1-2H3. The Balaban J connectivity index is 0.000000171. The molecule has 9 aromatic carbocycles. The fourth-order valence-corrected chi connectivity index (χ4v) is 9.25. The normalized spacial score (nSPS) is 11.2. The zero-order chi connectivity index (χ0) is 51.7. The van der Waals surface area contributed by atoms with E-state index in [-0.39, 0.29) is 5.41 Å². The van der Waals surface area contributed by atoms with Gasteiger partial charge in [-0.05, 0) is 167 Å². The Morgan fingerprint density at radius 3 is 1.37 bits per heavy atom. The molecule has 0 N–H and O–H groups in total. The van der Waals surface area contributed by atoms with E-state index in [9.17, 15) is 0 Å². The lowest BCUT2D eigenvalue weighted by atomic mass is 9.78. The van der Waals surface area contributed by atoms with Gasteiger partial charge in [0.15, 0.2) is 0 Å². The van der Waals surface area contributed by atoms with Crippen molar-refractivity contribution < 1.29 is 9.47 Å². The highest BCUT2D eigenvalue weighted by molar-refractivity contribution is 5.89. The van der Waals surface area contributed by atoms with E-state index in [4.69, 9.17) is 9.47 Å². The van der Waals surface area contributed by atoms with Crippen LogP contribution in [0.4, 0.5) is 28.6 Å². The minimum Gasteiger partial charge on any atom is -0.457 e. The number of hydrogen-bond acceptors (Lipinski definition) is 8. The van der Waals surface area contributed by atoms with Crippen molar-refractivity contribution in [2.24, 2.45) is 0 Å². The molecule has 0 saturated carbocycles. The summed E-state index contributed by atoms with van der Waals surface area (Å²) < 4.78 is 12.2. The van der Waals surface area contributed by atoms with Gasteiger partial charge >= 0.3 is 0 Å². The Labute approximate surface area is 440 Å². The van der Waals surface area contributed by atoms with Gasteiger partial charge < -0.3 is 14.4 Å². The molecule has 0 aliphatic heterocycles. The number of aryl methyl sites for hydroxylation is 3. The number of ether oxygens (including phenoxy) is 2. The van der Waals surface area contributed by atoms with E-state index in [0.717, 1.165) is 81.5 Å². The predicted molar refractivity (Wildman–Crippen MR) is 308 cm³/mol. The summed E-state index contributed by atoms with van der Waals surface area (Å²) in [7, 11) is 2.11. The Bertz CT molecular complexity index is 3670. The van der Waals surface area contributed by atoms with Gasteiger partial charge in [-0.15, -0.1) is 0 Å². The van der Waals surface area contributed by atoms with Crippen LogP contribution in [0.15, 0.2) is 231 Å². The number of nitrogens with zero attached hydrogens (tertiary/aromatic N) is 6. The number of hydrogen-bond donors (Lipinski definition) is 0. The van der Waals surface area contributed by atoms with Crippen LogP contribution in [0.1, 0.15) is 60.1 Å². The lowest BCUT2D eigenvalue weighted by Gasteiger charge is -2.26. The molecule has 11 aromatic rings. The van der Waals surface area contributed by atoms with Crippen LogP contribution in [0.25, 0.3) is 21.5 Å². The second kappa shape index (κ2) is 22.3. The van der Waals surface area contributed by atoms with E-state index in [1.165, 1.54) is 43.8 Å². The fourth-order valence-electron chi connectivity index (χ4n) is 9.25. The molecule has 0 aliphatic carbocycles. The van der Waals surface area contributed by atoms with E-state index in [0.29, 0.717) is 0 Å². The van der Waals surface area contributed by atoms with Gasteiger partial charge in [-0.1, -0.05) is 130 Å². The first kappa shape index (κ1) is 49.4. The molecule has 8 heteroatoms. The van der Waals surface area contributed by atoms with Crippen molar-refractivity contribution >= 4 is 50.1 Å². The molecule has 0 fully saturated rings. The summed E-state index contributed by atoms with van der Waals surface area (Å²) in [5.74, 6) is 4.15. The molecule has 11 rings (SSSR count). The lowest BCUT2D eigenvalue weighted by Crippen LogP contribution is -2.18. The van der Waals surface area contributed by atoms with Crippen molar-refractivity contribution in [3.63, 3.8) is 0 Å². The largest absolute Gasteiger partial charge is 0.457 e. The van der Waals surface area contributed by atoms with E-state index in [1.54, 1.807) is 12.7 Å². The molecule has 0 atom stereocenters. The molecule has 2 aromatic heterocycles. The van der Waals surface area contributed by atoms with Gasteiger partial charge in [0.25, 0.3) is 0 Å². The molecule has 0 radical (unpaired) electrons. The summed E-state index contributed by atoms with van der Waals surface area (Å²) in [5, 5.41) is 4.89. The van der Waals surface area contributed by atoms with Crippen LogP contribution in [0.3, 0.4) is 0 Å². The third kappa shape index (κ3) is 11.9. The first-order valence-electron chi connectivity index (χ1n) is 25.5. The van der Waals surface area contributed by atoms with Crippen molar-refractivity contribution in [1.82, 2.24) is 19.9 Å². The molecule has 0 aliphatic rings. The number of fused-ring (bicyclic) bond motifs is 2. The molecular formula is C67H60N6O2. The highest BCUT2D eigenvalue weighted by Gasteiger charge is 2.23. The Morgan fingerprint density at radius 2 is 0.853 bits per heavy atom. The molecular weight excluding hydrogens is 921 g/mol. The topological polar surface area (TPSA) is 76.5 Å². The zero-order valence-corrected chi connectivity index (χ0v) is 43.4. The molecule has 75 heavy (non-hydrogen) atoms. The monoisotopic (exact) mass is 980 g/mol. The van der Waals surface area contributed by atoms with Gasteiger partial charge in [-0.3, -0.25) is 4.90 Å². The maximum Gasteiger partial charge on any atom is 0.141 e. The number of aromatic nitrogens is 4. The number of anilines is 5. The molecule has 2 heterocycles. The Hall–Kier alpha value is -9.14. The summed E-state index contributed by atoms with van der Waals surface area (Å²) in [6.45, 7) is 10.6. The van der Waals surface area contributed by atoms with E-state index < -0.39 is 0 Å². The number of rotatable bonds is 14. The summed E-state index contributed by atoms with van der Waals surface area (Å²) >= 11 is 0. The van der Waals surface area contributed by atoms with Crippen LogP contribution in [-0.4, -0.2) is 27.0 Å². The summed E-state index contributed by atoms with van der Waals surface area (Å²) in [6, 6.07) is 75.8. The average molecular weight is 981 g/mol. The van der Waals surface area contributed by atoms with Crippen LogP contribution in [0.5, 0.6) is 23.0 Å². The minimum atomic E-state index is -0.166. The molecule has 0 saturated heterocycles. The molecule has 0 unspecified atom stereocenters. The van der Waals surface area contributed by atoms with Gasteiger partial charge in [0, 0.05) is 64.8 Å². The van der Waals surface area contributed by atoms with E-state index in [1.807, 2.05) is 74.5 Å². The summed E-state index contributed by atoms with van der Waals surface area (Å²) in [6.07, 6.45) is 5.03. The van der Waals surface area contributed by atoms with Crippen molar-refractivity contribution in [3.8, 4) is 23.0 Å². The van der Waals surface area contributed by atoms with Crippen molar-refractivity contribution in [2.45, 2.75) is 52.9 Å². The molecule has 0 amide bonds. The smallest absolute Gasteiger partial charge is 0.141 e. The lowest BCUT2D eigenvalue weighted by molar-refractivity contribution is 0.481. The van der Waals surface area contributed by atoms with E-state index in [2.05, 4.69) is 215 Å². The average Bonchev–Trinajstić information content (AvgIpc) is 3.44. The first-order valence-corrected chi connectivity index (χ1v) is 25.5. The molecule has 0 spiro atoms. The first-order chi connectivity index (χ1) is 36.5. The van der Waals surface area contributed by atoms with Gasteiger partial charge in [0.2, 0.25) is 0 Å². The highest BCUT2D eigenvalue weighted by atomic mass is 16.5. The Kier molecular flexibility index (Phi) is 14.7. The molecule has 0 bridgehead atoms. The second-order valence-corrected chi connectivity index (χ2v) is 19.3. The molecule has 8 nitrogen and oxygen atoms in total. The van der Waals surface area contributed by atoms with Crippen molar-refractivity contribution in [3.05, 3.63) is 270 Å². The van der Waals surface area contributed by atoms with Crippen molar-refractivity contribution in [2.75, 3.05) is 16.8 Å². The van der Waals surface area contributed by atoms with Crippen LogP contribution in [0.2, 0.25) is 0 Å². The van der Waals surface area contributed by atoms with Crippen molar-refractivity contribution in [1.29, 1.82) is 0 Å². The SMILES string of the molecule is CCc1ccc(Oc2ccc(C(C)(C)c3ccc(Oc4ccc(Cc5cc(C)ncn5)cc4)cc3)cc2)cc1.Cc1cc(N(c2ccc(N(C)c3ccc4ccccc4c3)cc2)c2ccc3ccccc3c2)ncn1. The second-order valence-electron chi connectivity index (χ2n) is 19.3. The van der Waals surface area contributed by atoms with Gasteiger partial charge in [0.1, 0.15) is 41.5 Å². The summed E-state index contributed by atoms with van der Waals surface area (Å²) in [5.41, 5.74) is 12.0. The van der Waals surface area contributed by atoms with Crippen LogP contribution in [0, 0.1) is 13.8 Å². The maximum absolute atomic E-state index is 6.12. The van der Waals surface area contributed by atoms with Crippen LogP contribution >= 0.6 is 0 Å². The fraction of sp³-hybridized carbons (Fsp3) is 0.134. The Morgan fingerprint density at radius 1 is 0.413 bits per heavy atom. The highest BCUT2D eigenvalue weighted by Crippen LogP contribution is 2.38. The zero-order valence-electron chi connectivity index (χ0n) is 43.4. The third-order valence-corrected chi connectivity index (χ3v) is 13.7. The van der Waals surface area contributed by atoms with Crippen LogP contribution < -0.4 is 19.3 Å². The van der Waals surface area contributed by atoms with E-state index >= 15 is 0 Å². The van der Waals surface area contributed by atoms with Gasteiger partial charge in [-0.2, -0.15) is 0 Å². The maximum atomic E-state index is 6.12.